The topological polar surface area (TPSA) is 14.8 Å². The van der Waals surface area contributed by atoms with Gasteiger partial charge in [0.25, 0.3) is 0 Å². The fourth-order valence-electron chi connectivity index (χ4n) is 14.6. The average molecular weight is 1030 g/mol. The minimum Gasteiger partial charge on any atom is -0.309 e. The van der Waals surface area contributed by atoms with Crippen LogP contribution in [0, 0.1) is 0 Å². The van der Waals surface area contributed by atoms with Crippen LogP contribution in [0.25, 0.3) is 138 Å². The number of nitrogens with zero attached hydrogens (tertiary/aromatic N) is 3. The zero-order chi connectivity index (χ0) is 53.9. The standard InChI is InChI=1S/C78H55N3/c1-77(2)66-37-33-52(43-75(66)81-72-38-34-51(42-63(72)60-27-18-28-67(77)76(60)81)55-40-53(48-19-8-5-9-20-48)39-54(41-55)49-21-10-6-11-22-49)50-31-35-57(36-32-50)80-71-30-17-15-26-59(71)65-45-62-61-44-64-58-25-14-16-29-70(58)79(56-23-12-7-13-24-56)73(64)46-68(61)78(3,4)69(62)47-74(65)80/h5-47H,1-4H3. The minimum atomic E-state index is -0.225. The van der Waals surface area contributed by atoms with E-state index in [2.05, 4.69) is 302 Å². The second-order valence-corrected chi connectivity index (χ2v) is 23.7. The van der Waals surface area contributed by atoms with E-state index < -0.39 is 0 Å². The molecule has 1 aliphatic heterocycles. The van der Waals surface area contributed by atoms with Crippen LogP contribution in [0.3, 0.4) is 0 Å². The van der Waals surface area contributed by atoms with Crippen molar-refractivity contribution in [3.05, 3.63) is 283 Å². The molecule has 3 nitrogen and oxygen atoms in total. The number of hydrogen-bond donors (Lipinski definition) is 0. The van der Waals surface area contributed by atoms with E-state index in [-0.39, 0.29) is 10.8 Å². The van der Waals surface area contributed by atoms with Crippen molar-refractivity contribution in [1.82, 2.24) is 13.7 Å². The summed E-state index contributed by atoms with van der Waals surface area (Å²) in [6, 6.07) is 97.7. The zero-order valence-corrected chi connectivity index (χ0v) is 45.7. The SMILES string of the molecule is CC1(C)c2cc3c(cc2-c2cc4c5ccccc5n(-c5ccc(-c6ccc7c(c6)-n6c8ccc(-c9cc(-c%10ccccc%10)cc(-c%10ccccc%10)c9)cc8c8cccc(c86)C7(C)C)cc5)c4cc21)c1ccccc1n3-c1ccccc1. The van der Waals surface area contributed by atoms with Crippen LogP contribution in [0.1, 0.15) is 49.9 Å². The molecule has 3 heteroatoms. The molecule has 3 aromatic heterocycles. The Hall–Kier alpha value is -9.96. The van der Waals surface area contributed by atoms with Crippen LogP contribution in [0.5, 0.6) is 0 Å². The first-order valence-electron chi connectivity index (χ1n) is 28.5. The van der Waals surface area contributed by atoms with E-state index in [1.54, 1.807) is 0 Å². The van der Waals surface area contributed by atoms with Gasteiger partial charge in [-0.15, -0.1) is 0 Å². The van der Waals surface area contributed by atoms with Gasteiger partial charge in [0, 0.05) is 54.5 Å². The molecule has 0 atom stereocenters. The third kappa shape index (κ3) is 6.58. The molecule has 81 heavy (non-hydrogen) atoms. The highest BCUT2D eigenvalue weighted by Crippen LogP contribution is 2.54. The van der Waals surface area contributed by atoms with E-state index in [9.17, 15) is 0 Å². The maximum atomic E-state index is 2.56. The van der Waals surface area contributed by atoms with Gasteiger partial charge in [-0.05, 0) is 175 Å². The Balaban J connectivity index is 0.775. The van der Waals surface area contributed by atoms with Gasteiger partial charge in [-0.25, -0.2) is 0 Å². The summed E-state index contributed by atoms with van der Waals surface area (Å²) in [5.74, 6) is 0. The van der Waals surface area contributed by atoms with Crippen LogP contribution in [-0.4, -0.2) is 13.7 Å². The van der Waals surface area contributed by atoms with Gasteiger partial charge in [0.1, 0.15) is 0 Å². The summed E-state index contributed by atoms with van der Waals surface area (Å²) in [6.45, 7) is 9.62. The van der Waals surface area contributed by atoms with Crippen molar-refractivity contribution >= 4 is 65.4 Å². The van der Waals surface area contributed by atoms with Gasteiger partial charge in [-0.2, -0.15) is 0 Å². The smallest absolute Gasteiger partial charge is 0.0582 e. The predicted molar refractivity (Wildman–Crippen MR) is 341 cm³/mol. The summed E-state index contributed by atoms with van der Waals surface area (Å²) in [4.78, 5) is 0. The normalized spacial score (nSPS) is 13.9. The van der Waals surface area contributed by atoms with Crippen molar-refractivity contribution in [2.75, 3.05) is 0 Å². The highest BCUT2D eigenvalue weighted by molar-refractivity contribution is 6.16. The Morgan fingerprint density at radius 3 is 1.26 bits per heavy atom. The summed E-state index contributed by atoms with van der Waals surface area (Å²) in [5.41, 5.74) is 28.3. The maximum Gasteiger partial charge on any atom is 0.0582 e. The van der Waals surface area contributed by atoms with Crippen molar-refractivity contribution in [3.63, 3.8) is 0 Å². The van der Waals surface area contributed by atoms with Crippen molar-refractivity contribution in [3.8, 4) is 72.7 Å². The Morgan fingerprint density at radius 2 is 0.667 bits per heavy atom. The average Bonchev–Trinajstić information content (AvgIpc) is 3.34. The van der Waals surface area contributed by atoms with Crippen LogP contribution in [0.4, 0.5) is 0 Å². The van der Waals surface area contributed by atoms with E-state index in [4.69, 9.17) is 0 Å². The first kappa shape index (κ1) is 46.0. The van der Waals surface area contributed by atoms with Crippen molar-refractivity contribution in [2.45, 2.75) is 38.5 Å². The lowest BCUT2D eigenvalue weighted by Gasteiger charge is -2.35. The Kier molecular flexibility index (Phi) is 9.53. The number of rotatable bonds is 6. The molecular weight excluding hydrogens is 979 g/mol. The van der Waals surface area contributed by atoms with Gasteiger partial charge in [0.05, 0.1) is 38.8 Å². The van der Waals surface area contributed by atoms with Crippen LogP contribution < -0.4 is 0 Å². The lowest BCUT2D eigenvalue weighted by molar-refractivity contribution is 0.630. The number of aromatic nitrogens is 3. The van der Waals surface area contributed by atoms with Gasteiger partial charge < -0.3 is 13.7 Å². The van der Waals surface area contributed by atoms with Crippen molar-refractivity contribution < 1.29 is 0 Å². The van der Waals surface area contributed by atoms with E-state index in [1.807, 2.05) is 0 Å². The summed E-state index contributed by atoms with van der Waals surface area (Å²) in [5, 5.41) is 7.66. The molecule has 17 rings (SSSR count). The Bertz CT molecular complexity index is 5070. The third-order valence-corrected chi connectivity index (χ3v) is 18.6. The van der Waals surface area contributed by atoms with Crippen LogP contribution in [0.15, 0.2) is 261 Å². The monoisotopic (exact) mass is 1030 g/mol. The lowest BCUT2D eigenvalue weighted by Crippen LogP contribution is -2.26. The molecule has 1 aliphatic carbocycles. The molecule has 4 heterocycles. The molecule has 0 saturated heterocycles. The molecule has 382 valence electrons. The van der Waals surface area contributed by atoms with Crippen molar-refractivity contribution in [2.24, 2.45) is 0 Å². The maximum absolute atomic E-state index is 2.56. The molecule has 0 radical (unpaired) electrons. The summed E-state index contributed by atoms with van der Waals surface area (Å²) in [6.07, 6.45) is 0. The number of hydrogen-bond acceptors (Lipinski definition) is 0. The molecule has 0 bridgehead atoms. The first-order valence-corrected chi connectivity index (χ1v) is 28.5. The van der Waals surface area contributed by atoms with Gasteiger partial charge in [-0.1, -0.05) is 191 Å². The molecule has 2 aliphatic rings. The van der Waals surface area contributed by atoms with Gasteiger partial charge in [-0.3, -0.25) is 0 Å². The summed E-state index contributed by atoms with van der Waals surface area (Å²) in [7, 11) is 0. The predicted octanol–water partition coefficient (Wildman–Crippen LogP) is 20.6. The summed E-state index contributed by atoms with van der Waals surface area (Å²) < 4.78 is 7.49. The first-order chi connectivity index (χ1) is 39.7. The Morgan fingerprint density at radius 1 is 0.235 bits per heavy atom. The van der Waals surface area contributed by atoms with E-state index in [0.29, 0.717) is 0 Å². The van der Waals surface area contributed by atoms with Crippen LogP contribution >= 0.6 is 0 Å². The third-order valence-electron chi connectivity index (χ3n) is 18.6. The molecule has 0 amide bonds. The van der Waals surface area contributed by atoms with Crippen LogP contribution in [0.2, 0.25) is 0 Å². The van der Waals surface area contributed by atoms with Gasteiger partial charge in [0.2, 0.25) is 0 Å². The molecule has 0 N–H and O–H groups in total. The Labute approximate surface area is 470 Å². The second-order valence-electron chi connectivity index (χ2n) is 23.7. The van der Waals surface area contributed by atoms with Gasteiger partial charge in [0.15, 0.2) is 0 Å². The number of fused-ring (bicyclic) bond motifs is 14. The molecule has 0 saturated carbocycles. The fraction of sp³-hybridized carbons (Fsp3) is 0.0769. The fourth-order valence-corrected chi connectivity index (χ4v) is 14.6. The summed E-state index contributed by atoms with van der Waals surface area (Å²) >= 11 is 0. The van der Waals surface area contributed by atoms with Crippen molar-refractivity contribution in [1.29, 1.82) is 0 Å². The van der Waals surface area contributed by atoms with E-state index in [0.717, 1.165) is 5.69 Å². The number of para-hydroxylation sites is 4. The minimum absolute atomic E-state index is 0.209. The quantitative estimate of drug-likeness (QED) is 0.158. The van der Waals surface area contributed by atoms with Crippen LogP contribution in [-0.2, 0) is 10.8 Å². The molecule has 0 unspecified atom stereocenters. The molecule has 0 fully saturated rings. The molecule has 12 aromatic carbocycles. The number of benzene rings is 12. The molecular formula is C78H55N3. The van der Waals surface area contributed by atoms with Gasteiger partial charge >= 0.3 is 0 Å². The lowest BCUT2D eigenvalue weighted by atomic mass is 9.74. The molecule has 0 spiro atoms. The largest absolute Gasteiger partial charge is 0.309 e. The molecule has 15 aromatic rings. The second kappa shape index (κ2) is 16.8. The highest BCUT2D eigenvalue weighted by Gasteiger charge is 2.38. The van der Waals surface area contributed by atoms with E-state index >= 15 is 0 Å². The zero-order valence-electron chi connectivity index (χ0n) is 45.7. The van der Waals surface area contributed by atoms with E-state index in [1.165, 1.54) is 155 Å². The highest BCUT2D eigenvalue weighted by atomic mass is 15.0.